The van der Waals surface area contributed by atoms with E-state index in [9.17, 15) is 0 Å². The third-order valence-corrected chi connectivity index (χ3v) is 3.93. The third-order valence-electron chi connectivity index (χ3n) is 2.71. The van der Waals surface area contributed by atoms with Crippen molar-refractivity contribution in [2.24, 2.45) is 0 Å². The summed E-state index contributed by atoms with van der Waals surface area (Å²) < 4.78 is 0.839. The Balaban J connectivity index is 1.91. The molecule has 2 rings (SSSR count). The molecule has 1 aromatic carbocycles. The van der Waals surface area contributed by atoms with Crippen LogP contribution in [-0.4, -0.2) is 17.1 Å². The summed E-state index contributed by atoms with van der Waals surface area (Å²) in [6, 6.07) is 12.0. The number of benzene rings is 1. The average Bonchev–Trinajstić information content (AvgIpc) is 2.75. The van der Waals surface area contributed by atoms with Crippen molar-refractivity contribution in [1.82, 2.24) is 4.90 Å². The molecule has 2 nitrogen and oxygen atoms in total. The van der Waals surface area contributed by atoms with Gasteiger partial charge in [0.25, 0.3) is 0 Å². The zero-order valence-electron chi connectivity index (χ0n) is 10.3. The molecule has 0 saturated carbocycles. The average molecular weight is 282 g/mol. The van der Waals surface area contributed by atoms with Gasteiger partial charge in [-0.2, -0.15) is 0 Å². The normalized spacial score (nSPS) is 11.1. The van der Waals surface area contributed by atoms with Gasteiger partial charge in [-0.15, -0.1) is 11.3 Å². The van der Waals surface area contributed by atoms with Gasteiger partial charge in [0.1, 0.15) is 0 Å². The van der Waals surface area contributed by atoms with E-state index in [4.69, 9.17) is 16.7 Å². The van der Waals surface area contributed by atoms with Crippen molar-refractivity contribution in [1.29, 1.82) is 0 Å². The lowest BCUT2D eigenvalue weighted by Crippen LogP contribution is -2.16. The maximum Gasteiger partial charge on any atom is 0.0931 e. The summed E-state index contributed by atoms with van der Waals surface area (Å²) in [5.41, 5.74) is 2.20. The lowest BCUT2D eigenvalue weighted by molar-refractivity contribution is 0.281. The first-order chi connectivity index (χ1) is 8.67. The number of aliphatic hydroxyl groups is 1. The molecule has 96 valence electrons. The first-order valence-corrected chi connectivity index (χ1v) is 6.98. The summed E-state index contributed by atoms with van der Waals surface area (Å²) in [5, 5.41) is 8.99. The maximum atomic E-state index is 8.99. The topological polar surface area (TPSA) is 23.5 Å². The Bertz CT molecular complexity index is 495. The number of halogens is 1. The van der Waals surface area contributed by atoms with Crippen LogP contribution in [0, 0.1) is 0 Å². The van der Waals surface area contributed by atoms with Crippen LogP contribution >= 0.6 is 22.9 Å². The van der Waals surface area contributed by atoms with Gasteiger partial charge in [-0.25, -0.2) is 0 Å². The molecule has 1 aromatic heterocycles. The second-order valence-corrected chi connectivity index (χ2v) is 6.15. The lowest BCUT2D eigenvalue weighted by Gasteiger charge is -2.15. The number of thiophene rings is 1. The van der Waals surface area contributed by atoms with Gasteiger partial charge in [0, 0.05) is 18.0 Å². The Kier molecular flexibility index (Phi) is 4.78. The minimum Gasteiger partial charge on any atom is -0.392 e. The van der Waals surface area contributed by atoms with Gasteiger partial charge in [-0.05, 0) is 30.3 Å². The molecule has 0 aliphatic rings. The summed E-state index contributed by atoms with van der Waals surface area (Å²) in [7, 11) is 2.09. The predicted octanol–water partition coefficient (Wildman–Crippen LogP) is 3.53. The van der Waals surface area contributed by atoms with Crippen LogP contribution < -0.4 is 0 Å². The second-order valence-electron chi connectivity index (χ2n) is 4.35. The summed E-state index contributed by atoms with van der Waals surface area (Å²) in [5.74, 6) is 0. The van der Waals surface area contributed by atoms with Gasteiger partial charge in [-0.1, -0.05) is 35.9 Å². The first-order valence-electron chi connectivity index (χ1n) is 5.79. The van der Waals surface area contributed by atoms with E-state index in [-0.39, 0.29) is 6.61 Å². The van der Waals surface area contributed by atoms with Crippen molar-refractivity contribution >= 4 is 22.9 Å². The van der Waals surface area contributed by atoms with E-state index >= 15 is 0 Å². The highest BCUT2D eigenvalue weighted by Gasteiger charge is 2.04. The largest absolute Gasteiger partial charge is 0.392 e. The molecule has 4 heteroatoms. The first kappa shape index (κ1) is 13.6. The molecule has 0 bridgehead atoms. The quantitative estimate of drug-likeness (QED) is 0.906. The van der Waals surface area contributed by atoms with E-state index in [1.165, 1.54) is 10.4 Å². The molecule has 18 heavy (non-hydrogen) atoms. The summed E-state index contributed by atoms with van der Waals surface area (Å²) >= 11 is 7.54. The molecule has 0 amide bonds. The molecule has 1 heterocycles. The molecule has 0 radical (unpaired) electrons. The summed E-state index contributed by atoms with van der Waals surface area (Å²) in [6.07, 6.45) is 0. The Labute approximate surface area is 116 Å². The van der Waals surface area contributed by atoms with Crippen LogP contribution in [-0.2, 0) is 19.7 Å². The van der Waals surface area contributed by atoms with E-state index in [2.05, 4.69) is 30.1 Å². The molecule has 0 aliphatic carbocycles. The van der Waals surface area contributed by atoms with Gasteiger partial charge >= 0.3 is 0 Å². The van der Waals surface area contributed by atoms with Crippen molar-refractivity contribution in [2.45, 2.75) is 19.7 Å². The number of aliphatic hydroxyl groups excluding tert-OH is 1. The van der Waals surface area contributed by atoms with Crippen LogP contribution in [0.25, 0.3) is 0 Å². The van der Waals surface area contributed by atoms with E-state index in [1.54, 1.807) is 11.3 Å². The number of nitrogens with zero attached hydrogens (tertiary/aromatic N) is 1. The molecule has 0 unspecified atom stereocenters. The molecule has 1 N–H and O–H groups in total. The van der Waals surface area contributed by atoms with Crippen LogP contribution in [0.5, 0.6) is 0 Å². The van der Waals surface area contributed by atoms with Gasteiger partial charge in [0.2, 0.25) is 0 Å². The minimum absolute atomic E-state index is 0.101. The Morgan fingerprint density at radius 1 is 1.06 bits per heavy atom. The smallest absolute Gasteiger partial charge is 0.0931 e. The van der Waals surface area contributed by atoms with Gasteiger partial charge in [0.15, 0.2) is 0 Å². The second kappa shape index (κ2) is 6.34. The Morgan fingerprint density at radius 2 is 1.72 bits per heavy atom. The molecule has 0 aliphatic heterocycles. The third kappa shape index (κ3) is 3.82. The highest BCUT2D eigenvalue weighted by molar-refractivity contribution is 7.16. The Morgan fingerprint density at radius 3 is 2.28 bits per heavy atom. The monoisotopic (exact) mass is 281 g/mol. The molecule has 0 saturated heterocycles. The molecule has 0 fully saturated rings. The minimum atomic E-state index is 0.101. The van der Waals surface area contributed by atoms with Crippen molar-refractivity contribution in [3.8, 4) is 0 Å². The zero-order chi connectivity index (χ0) is 13.0. The van der Waals surface area contributed by atoms with Crippen molar-refractivity contribution in [2.75, 3.05) is 7.05 Å². The summed E-state index contributed by atoms with van der Waals surface area (Å²) in [6.45, 7) is 1.89. The maximum absolute atomic E-state index is 8.99. The van der Waals surface area contributed by atoms with E-state index in [0.29, 0.717) is 0 Å². The van der Waals surface area contributed by atoms with Crippen LogP contribution in [0.4, 0.5) is 0 Å². The van der Waals surface area contributed by atoms with E-state index in [0.717, 1.165) is 23.0 Å². The lowest BCUT2D eigenvalue weighted by atomic mass is 10.1. The molecule has 0 atom stereocenters. The van der Waals surface area contributed by atoms with Crippen LogP contribution in [0.15, 0.2) is 36.4 Å². The fourth-order valence-corrected chi connectivity index (χ4v) is 2.99. The fourth-order valence-electron chi connectivity index (χ4n) is 1.82. The van der Waals surface area contributed by atoms with Gasteiger partial charge in [0.05, 0.1) is 10.9 Å². The standard InChI is InChI=1S/C14H16ClNOS/c1-16(9-13-6-7-14(15)18-13)8-11-2-4-12(10-17)5-3-11/h2-7,17H,8-10H2,1H3. The van der Waals surface area contributed by atoms with E-state index < -0.39 is 0 Å². The number of hydrogen-bond acceptors (Lipinski definition) is 3. The van der Waals surface area contributed by atoms with E-state index in [1.807, 2.05) is 18.2 Å². The molecule has 2 aromatic rings. The number of rotatable bonds is 5. The van der Waals surface area contributed by atoms with Gasteiger partial charge in [-0.3, -0.25) is 4.90 Å². The van der Waals surface area contributed by atoms with Crippen LogP contribution in [0.2, 0.25) is 4.34 Å². The highest BCUT2D eigenvalue weighted by Crippen LogP contribution is 2.22. The van der Waals surface area contributed by atoms with Crippen molar-refractivity contribution < 1.29 is 5.11 Å². The van der Waals surface area contributed by atoms with Gasteiger partial charge < -0.3 is 5.11 Å². The molecular formula is C14H16ClNOS. The summed E-state index contributed by atoms with van der Waals surface area (Å²) in [4.78, 5) is 3.52. The molecule has 0 spiro atoms. The highest BCUT2D eigenvalue weighted by atomic mass is 35.5. The number of hydrogen-bond donors (Lipinski definition) is 1. The zero-order valence-corrected chi connectivity index (χ0v) is 11.8. The fraction of sp³-hybridized carbons (Fsp3) is 0.286. The Hall–Kier alpha value is -0.870. The molecular weight excluding hydrogens is 266 g/mol. The SMILES string of the molecule is CN(Cc1ccc(CO)cc1)Cc1ccc(Cl)s1. The van der Waals surface area contributed by atoms with Crippen LogP contribution in [0.1, 0.15) is 16.0 Å². The predicted molar refractivity (Wildman–Crippen MR) is 76.9 cm³/mol. The van der Waals surface area contributed by atoms with Crippen molar-refractivity contribution in [3.05, 3.63) is 56.7 Å². The van der Waals surface area contributed by atoms with Crippen molar-refractivity contribution in [3.63, 3.8) is 0 Å². The van der Waals surface area contributed by atoms with Crippen LogP contribution in [0.3, 0.4) is 0 Å².